The number of carbonyl (C=O) groups excluding carboxylic acids is 2. The summed E-state index contributed by atoms with van der Waals surface area (Å²) in [6.45, 7) is 4.28. The van der Waals surface area contributed by atoms with Crippen LogP contribution in [0.15, 0.2) is 45.7 Å². The molecule has 3 rings (SSSR count). The molecule has 1 aromatic heterocycles. The molecule has 6 heteroatoms. The van der Waals surface area contributed by atoms with E-state index in [0.29, 0.717) is 18.1 Å². The zero-order chi connectivity index (χ0) is 17.1. The smallest absolute Gasteiger partial charge is 0.287 e. The van der Waals surface area contributed by atoms with Crippen molar-refractivity contribution in [2.24, 2.45) is 0 Å². The second kappa shape index (κ2) is 7.13. The highest BCUT2D eigenvalue weighted by atomic mass is 32.2. The van der Waals surface area contributed by atoms with Crippen LogP contribution in [0.4, 0.5) is 5.69 Å². The van der Waals surface area contributed by atoms with E-state index in [0.717, 1.165) is 17.0 Å². The molecular weight excluding hydrogens is 324 g/mol. The third-order valence-corrected chi connectivity index (χ3v) is 5.05. The number of rotatable bonds is 5. The maximum Gasteiger partial charge on any atom is 0.287 e. The first kappa shape index (κ1) is 16.6. The number of fused-ring (bicyclic) bond motifs is 1. The summed E-state index contributed by atoms with van der Waals surface area (Å²) >= 11 is 1.54. The predicted octanol–water partition coefficient (Wildman–Crippen LogP) is 3.45. The van der Waals surface area contributed by atoms with Crippen LogP contribution in [0.3, 0.4) is 0 Å². The van der Waals surface area contributed by atoms with Gasteiger partial charge in [0.05, 0.1) is 18.0 Å². The average Bonchev–Trinajstić information content (AvgIpc) is 3.06. The molecule has 5 nitrogen and oxygen atoms in total. The van der Waals surface area contributed by atoms with E-state index < -0.39 is 0 Å². The first-order valence-corrected chi connectivity index (χ1v) is 8.98. The number of hydrogen-bond donors (Lipinski definition) is 1. The molecule has 2 aromatic rings. The number of thioether (sulfide) groups is 1. The minimum atomic E-state index is -0.225. The van der Waals surface area contributed by atoms with Crippen LogP contribution in [-0.4, -0.2) is 23.6 Å². The van der Waals surface area contributed by atoms with Gasteiger partial charge in [-0.15, -0.1) is 11.8 Å². The van der Waals surface area contributed by atoms with Gasteiger partial charge in [-0.2, -0.15) is 0 Å². The summed E-state index contributed by atoms with van der Waals surface area (Å²) in [6, 6.07) is 11.3. The Morgan fingerprint density at radius 3 is 2.92 bits per heavy atom. The van der Waals surface area contributed by atoms with E-state index in [9.17, 15) is 9.59 Å². The van der Waals surface area contributed by atoms with Gasteiger partial charge in [0.25, 0.3) is 5.91 Å². The Morgan fingerprint density at radius 1 is 1.33 bits per heavy atom. The van der Waals surface area contributed by atoms with Gasteiger partial charge in [0.2, 0.25) is 5.91 Å². The van der Waals surface area contributed by atoms with Crippen molar-refractivity contribution in [1.82, 2.24) is 5.32 Å². The molecule has 0 saturated carbocycles. The molecule has 0 aliphatic carbocycles. The minimum Gasteiger partial charge on any atom is -0.454 e. The van der Waals surface area contributed by atoms with E-state index in [1.165, 1.54) is 0 Å². The maximum atomic E-state index is 12.3. The molecule has 2 heterocycles. The fourth-order valence-corrected chi connectivity index (χ4v) is 3.40. The van der Waals surface area contributed by atoms with Gasteiger partial charge in [-0.1, -0.05) is 19.1 Å². The van der Waals surface area contributed by atoms with E-state index in [-0.39, 0.29) is 23.6 Å². The third-order valence-electron chi connectivity index (χ3n) is 4.00. The standard InChI is InChI=1S/C18H20N2O3S/c1-3-12(2)19-18(22)15-9-8-13(23-15)10-20-14-6-4-5-7-16(14)24-11-17(20)21/h4-9,12H,3,10-11H2,1-2H3,(H,19,22)/t12-/m1/s1. The Morgan fingerprint density at radius 2 is 2.12 bits per heavy atom. The summed E-state index contributed by atoms with van der Waals surface area (Å²) in [6.07, 6.45) is 0.857. The number of amides is 2. The maximum absolute atomic E-state index is 12.3. The monoisotopic (exact) mass is 344 g/mol. The number of nitrogens with zero attached hydrogens (tertiary/aromatic N) is 1. The Hall–Kier alpha value is -2.21. The lowest BCUT2D eigenvalue weighted by Gasteiger charge is -2.28. The van der Waals surface area contributed by atoms with Gasteiger partial charge in [-0.3, -0.25) is 9.59 Å². The van der Waals surface area contributed by atoms with E-state index in [4.69, 9.17) is 4.42 Å². The lowest BCUT2D eigenvalue weighted by molar-refractivity contribution is -0.116. The summed E-state index contributed by atoms with van der Waals surface area (Å²) in [5, 5.41) is 2.87. The van der Waals surface area contributed by atoms with Gasteiger partial charge in [0.1, 0.15) is 5.76 Å². The molecule has 0 fully saturated rings. The molecule has 2 amide bonds. The van der Waals surface area contributed by atoms with Crippen molar-refractivity contribution in [3.05, 3.63) is 47.9 Å². The first-order valence-electron chi connectivity index (χ1n) is 8.00. The van der Waals surface area contributed by atoms with E-state index >= 15 is 0 Å². The van der Waals surface area contributed by atoms with Crippen LogP contribution < -0.4 is 10.2 Å². The lowest BCUT2D eigenvalue weighted by atomic mass is 10.2. The Labute approximate surface area is 145 Å². The Bertz CT molecular complexity index is 756. The van der Waals surface area contributed by atoms with Crippen LogP contribution >= 0.6 is 11.8 Å². The summed E-state index contributed by atoms with van der Waals surface area (Å²) in [4.78, 5) is 27.2. The molecule has 0 spiro atoms. The lowest BCUT2D eigenvalue weighted by Crippen LogP contribution is -2.34. The summed E-state index contributed by atoms with van der Waals surface area (Å²) in [7, 11) is 0. The molecule has 1 aliphatic heterocycles. The van der Waals surface area contributed by atoms with E-state index in [1.807, 2.05) is 38.1 Å². The van der Waals surface area contributed by atoms with Crippen molar-refractivity contribution in [2.75, 3.05) is 10.7 Å². The van der Waals surface area contributed by atoms with Crippen LogP contribution in [0.2, 0.25) is 0 Å². The molecule has 1 aliphatic rings. The minimum absolute atomic E-state index is 0.0423. The van der Waals surface area contributed by atoms with Crippen molar-refractivity contribution in [3.8, 4) is 0 Å². The molecule has 1 atom stereocenters. The SMILES string of the molecule is CC[C@@H](C)NC(=O)c1ccc(CN2C(=O)CSc3ccccc32)o1. The van der Waals surface area contributed by atoms with Gasteiger partial charge in [-0.05, 0) is 37.6 Å². The van der Waals surface area contributed by atoms with Gasteiger partial charge in [0, 0.05) is 10.9 Å². The van der Waals surface area contributed by atoms with Crippen LogP contribution in [0.5, 0.6) is 0 Å². The van der Waals surface area contributed by atoms with Crippen LogP contribution in [0.25, 0.3) is 0 Å². The van der Waals surface area contributed by atoms with Gasteiger partial charge >= 0.3 is 0 Å². The zero-order valence-corrected chi connectivity index (χ0v) is 14.6. The number of carbonyl (C=O) groups is 2. The molecule has 0 bridgehead atoms. The van der Waals surface area contributed by atoms with Crippen molar-refractivity contribution in [2.45, 2.75) is 37.8 Å². The average molecular weight is 344 g/mol. The third kappa shape index (κ3) is 3.48. The molecule has 0 radical (unpaired) electrons. The highest BCUT2D eigenvalue weighted by molar-refractivity contribution is 8.00. The van der Waals surface area contributed by atoms with Crippen molar-refractivity contribution in [1.29, 1.82) is 0 Å². The summed E-state index contributed by atoms with van der Waals surface area (Å²) in [5.41, 5.74) is 0.890. The number of benzene rings is 1. The zero-order valence-electron chi connectivity index (χ0n) is 13.7. The largest absolute Gasteiger partial charge is 0.454 e. The van der Waals surface area contributed by atoms with Crippen LogP contribution in [-0.2, 0) is 11.3 Å². The van der Waals surface area contributed by atoms with Crippen LogP contribution in [0.1, 0.15) is 36.6 Å². The number of para-hydroxylation sites is 1. The first-order chi connectivity index (χ1) is 11.6. The molecule has 126 valence electrons. The summed E-state index contributed by atoms with van der Waals surface area (Å²) < 4.78 is 5.64. The van der Waals surface area contributed by atoms with Crippen molar-refractivity contribution < 1.29 is 14.0 Å². The number of hydrogen-bond acceptors (Lipinski definition) is 4. The van der Waals surface area contributed by atoms with Crippen LogP contribution in [0, 0.1) is 0 Å². The molecule has 1 N–H and O–H groups in total. The van der Waals surface area contributed by atoms with E-state index in [1.54, 1.807) is 28.8 Å². The molecule has 0 unspecified atom stereocenters. The van der Waals surface area contributed by atoms with Gasteiger partial charge in [-0.25, -0.2) is 0 Å². The molecule has 0 saturated heterocycles. The van der Waals surface area contributed by atoms with Crippen molar-refractivity contribution in [3.63, 3.8) is 0 Å². The summed E-state index contributed by atoms with van der Waals surface area (Å²) in [5.74, 6) is 1.10. The highest BCUT2D eigenvalue weighted by Crippen LogP contribution is 2.35. The highest BCUT2D eigenvalue weighted by Gasteiger charge is 2.25. The molecular formula is C18H20N2O3S. The quantitative estimate of drug-likeness (QED) is 0.902. The molecule has 24 heavy (non-hydrogen) atoms. The Balaban J connectivity index is 1.75. The fourth-order valence-electron chi connectivity index (χ4n) is 2.47. The second-order valence-electron chi connectivity index (χ2n) is 5.79. The van der Waals surface area contributed by atoms with E-state index in [2.05, 4.69) is 5.32 Å². The van der Waals surface area contributed by atoms with Gasteiger partial charge < -0.3 is 14.6 Å². The normalized spacial score (nSPS) is 15.1. The predicted molar refractivity (Wildman–Crippen MR) is 94.3 cm³/mol. The molecule has 1 aromatic carbocycles. The Kier molecular flexibility index (Phi) is 4.94. The number of nitrogens with one attached hydrogen (secondary N) is 1. The number of anilines is 1. The topological polar surface area (TPSA) is 62.6 Å². The fraction of sp³-hybridized carbons (Fsp3) is 0.333. The van der Waals surface area contributed by atoms with Gasteiger partial charge in [0.15, 0.2) is 5.76 Å². The number of furan rings is 1. The second-order valence-corrected chi connectivity index (χ2v) is 6.80. The van der Waals surface area contributed by atoms with Crippen molar-refractivity contribution >= 4 is 29.3 Å².